The summed E-state index contributed by atoms with van der Waals surface area (Å²) in [7, 11) is 1.25. The van der Waals surface area contributed by atoms with Crippen LogP contribution in [0.4, 0.5) is 0 Å². The highest BCUT2D eigenvalue weighted by atomic mass is 32.1. The van der Waals surface area contributed by atoms with E-state index in [1.165, 1.54) is 7.05 Å². The molecule has 1 rings (SSSR count). The molecule has 0 aromatic heterocycles. The van der Waals surface area contributed by atoms with Gasteiger partial charge in [-0.3, -0.25) is 0 Å². The molecule has 0 aliphatic carbocycles. The van der Waals surface area contributed by atoms with Gasteiger partial charge in [0, 0.05) is 0 Å². The molecule has 90 valence electrons. The zero-order chi connectivity index (χ0) is 12.8. The normalized spacial score (nSPS) is 10.8. The maximum absolute atomic E-state index is 10.4. The summed E-state index contributed by atoms with van der Waals surface area (Å²) in [5.41, 5.74) is 4.09. The lowest BCUT2D eigenvalue weighted by atomic mass is 10.1. The number of nitrogens with one attached hydrogen (secondary N) is 1. The van der Waals surface area contributed by atoms with Crippen molar-refractivity contribution in [1.29, 1.82) is 0 Å². The standard InChI is InChI=1S/C10H12N4O2S/c1-8(9-6-4-3-5-7-9)11-12-10(17)13(2)14(15)16/h3-7H,1-2H3,(H,12,17)/b11-8-. The van der Waals surface area contributed by atoms with Crippen LogP contribution in [0.5, 0.6) is 0 Å². The van der Waals surface area contributed by atoms with Crippen LogP contribution in [0.1, 0.15) is 12.5 Å². The molecule has 0 aliphatic rings. The summed E-state index contributed by atoms with van der Waals surface area (Å²) in [4.78, 5) is 10.4. The van der Waals surface area contributed by atoms with Crippen LogP contribution in [0.15, 0.2) is 35.4 Å². The maximum Gasteiger partial charge on any atom is 0.253 e. The molecule has 7 heteroatoms. The molecule has 0 spiro atoms. The number of hydrazine groups is 1. The quantitative estimate of drug-likeness (QED) is 0.381. The van der Waals surface area contributed by atoms with Gasteiger partial charge in [0.1, 0.15) is 0 Å². The van der Waals surface area contributed by atoms with Gasteiger partial charge in [0.05, 0.1) is 12.8 Å². The van der Waals surface area contributed by atoms with Crippen molar-refractivity contribution in [2.75, 3.05) is 7.05 Å². The largest absolute Gasteiger partial charge is 0.253 e. The molecular formula is C10H12N4O2S. The van der Waals surface area contributed by atoms with E-state index < -0.39 is 5.03 Å². The predicted molar refractivity (Wildman–Crippen MR) is 69.1 cm³/mol. The molecule has 0 saturated heterocycles. The molecule has 0 radical (unpaired) electrons. The summed E-state index contributed by atoms with van der Waals surface area (Å²) in [5.74, 6) is 0. The second-order valence-electron chi connectivity index (χ2n) is 3.24. The lowest BCUT2D eigenvalue weighted by molar-refractivity contribution is -0.622. The Morgan fingerprint density at radius 2 is 2.06 bits per heavy atom. The van der Waals surface area contributed by atoms with E-state index in [9.17, 15) is 10.1 Å². The minimum atomic E-state index is -0.622. The molecule has 0 aliphatic heterocycles. The van der Waals surface area contributed by atoms with Gasteiger partial charge in [-0.25, -0.2) is 15.5 Å². The van der Waals surface area contributed by atoms with Crippen LogP contribution in [0.25, 0.3) is 0 Å². The Morgan fingerprint density at radius 3 is 2.59 bits per heavy atom. The monoisotopic (exact) mass is 252 g/mol. The Morgan fingerprint density at radius 1 is 1.47 bits per heavy atom. The van der Waals surface area contributed by atoms with Crippen LogP contribution in [0.2, 0.25) is 0 Å². The van der Waals surface area contributed by atoms with Gasteiger partial charge in [-0.15, -0.1) is 0 Å². The van der Waals surface area contributed by atoms with Crippen LogP contribution in [0.3, 0.4) is 0 Å². The van der Waals surface area contributed by atoms with Gasteiger partial charge in [0.2, 0.25) is 0 Å². The highest BCUT2D eigenvalue weighted by molar-refractivity contribution is 7.80. The van der Waals surface area contributed by atoms with E-state index in [0.29, 0.717) is 10.7 Å². The third kappa shape index (κ3) is 3.80. The highest BCUT2D eigenvalue weighted by Gasteiger charge is 2.12. The molecule has 0 bridgehead atoms. The molecule has 1 N–H and O–H groups in total. The van der Waals surface area contributed by atoms with Crippen molar-refractivity contribution in [1.82, 2.24) is 10.4 Å². The number of thiocarbonyl (C=S) groups is 1. The molecule has 0 heterocycles. The summed E-state index contributed by atoms with van der Waals surface area (Å²) < 4.78 is 0. The minimum Gasteiger partial charge on any atom is -0.249 e. The SMILES string of the molecule is C/C(=N/NC(=S)N(C)[N+](=O)[O-])c1ccccc1. The van der Waals surface area contributed by atoms with E-state index in [-0.39, 0.29) is 5.11 Å². The van der Waals surface area contributed by atoms with E-state index >= 15 is 0 Å². The summed E-state index contributed by atoms with van der Waals surface area (Å²) >= 11 is 4.79. The van der Waals surface area contributed by atoms with Gasteiger partial charge in [-0.2, -0.15) is 5.10 Å². The van der Waals surface area contributed by atoms with Crippen molar-refractivity contribution in [2.45, 2.75) is 6.92 Å². The van der Waals surface area contributed by atoms with Crippen molar-refractivity contribution in [2.24, 2.45) is 5.10 Å². The topological polar surface area (TPSA) is 70.8 Å². The van der Waals surface area contributed by atoms with Crippen molar-refractivity contribution in [3.63, 3.8) is 0 Å². The van der Waals surface area contributed by atoms with Crippen LogP contribution >= 0.6 is 12.2 Å². The second kappa shape index (κ2) is 5.90. The molecule has 1 aromatic carbocycles. The molecule has 0 amide bonds. The number of rotatable bonds is 3. The molecule has 0 fully saturated rings. The number of hydrogen-bond donors (Lipinski definition) is 1. The molecule has 0 unspecified atom stereocenters. The Kier molecular flexibility index (Phi) is 4.53. The van der Waals surface area contributed by atoms with E-state index in [4.69, 9.17) is 12.2 Å². The predicted octanol–water partition coefficient (Wildman–Crippen LogP) is 1.41. The third-order valence-electron chi connectivity index (χ3n) is 2.05. The summed E-state index contributed by atoms with van der Waals surface area (Å²) in [6.45, 7) is 1.79. The first-order valence-electron chi connectivity index (χ1n) is 4.80. The zero-order valence-electron chi connectivity index (χ0n) is 9.45. The van der Waals surface area contributed by atoms with Crippen molar-refractivity contribution in [3.8, 4) is 0 Å². The first kappa shape index (κ1) is 13.0. The molecule has 17 heavy (non-hydrogen) atoms. The van der Waals surface area contributed by atoms with Crippen LogP contribution in [-0.2, 0) is 0 Å². The van der Waals surface area contributed by atoms with Gasteiger partial charge in [-0.05, 0) is 24.7 Å². The van der Waals surface area contributed by atoms with Crippen LogP contribution < -0.4 is 5.43 Å². The first-order chi connectivity index (χ1) is 8.02. The molecule has 6 nitrogen and oxygen atoms in total. The average molecular weight is 252 g/mol. The fourth-order valence-electron chi connectivity index (χ4n) is 1.02. The van der Waals surface area contributed by atoms with E-state index in [2.05, 4.69) is 10.5 Å². The lowest BCUT2D eigenvalue weighted by Crippen LogP contribution is -2.38. The van der Waals surface area contributed by atoms with Gasteiger partial charge in [0.25, 0.3) is 5.11 Å². The summed E-state index contributed by atoms with van der Waals surface area (Å²) in [6.07, 6.45) is 0. The number of nitro groups is 1. The van der Waals surface area contributed by atoms with Crippen molar-refractivity contribution >= 4 is 23.0 Å². The smallest absolute Gasteiger partial charge is 0.249 e. The minimum absolute atomic E-state index is 0.0646. The second-order valence-corrected chi connectivity index (χ2v) is 3.63. The Balaban J connectivity index is 2.66. The Hall–Kier alpha value is -2.02. The highest BCUT2D eigenvalue weighted by Crippen LogP contribution is 1.99. The first-order valence-corrected chi connectivity index (χ1v) is 5.21. The van der Waals surface area contributed by atoms with Gasteiger partial charge < -0.3 is 0 Å². The molecule has 1 aromatic rings. The fraction of sp³-hybridized carbons (Fsp3) is 0.200. The van der Waals surface area contributed by atoms with E-state index in [0.717, 1.165) is 5.56 Å². The molecule has 0 atom stereocenters. The van der Waals surface area contributed by atoms with Gasteiger partial charge in [0.15, 0.2) is 5.03 Å². The fourth-order valence-corrected chi connectivity index (χ4v) is 1.13. The van der Waals surface area contributed by atoms with Gasteiger partial charge >= 0.3 is 0 Å². The molecular weight excluding hydrogens is 240 g/mol. The Labute approximate surface area is 104 Å². The van der Waals surface area contributed by atoms with Crippen molar-refractivity contribution < 1.29 is 5.03 Å². The van der Waals surface area contributed by atoms with E-state index in [1.54, 1.807) is 6.92 Å². The van der Waals surface area contributed by atoms with Crippen LogP contribution in [0, 0.1) is 10.1 Å². The maximum atomic E-state index is 10.4. The van der Waals surface area contributed by atoms with Crippen LogP contribution in [-0.4, -0.2) is 27.9 Å². The summed E-state index contributed by atoms with van der Waals surface area (Å²) in [6, 6.07) is 9.45. The zero-order valence-corrected chi connectivity index (χ0v) is 10.3. The van der Waals surface area contributed by atoms with E-state index in [1.807, 2.05) is 30.3 Å². The number of benzene rings is 1. The third-order valence-corrected chi connectivity index (χ3v) is 2.41. The van der Waals surface area contributed by atoms with Gasteiger partial charge in [-0.1, -0.05) is 35.3 Å². The number of nitrogens with zero attached hydrogens (tertiary/aromatic N) is 3. The number of hydrazone groups is 1. The molecule has 0 saturated carbocycles. The van der Waals surface area contributed by atoms with Crippen molar-refractivity contribution in [3.05, 3.63) is 46.0 Å². The lowest BCUT2D eigenvalue weighted by Gasteiger charge is -2.08. The summed E-state index contributed by atoms with van der Waals surface area (Å²) in [5, 5.41) is 14.4. The number of hydrogen-bond acceptors (Lipinski definition) is 4. The Bertz CT molecular complexity index is 447. The average Bonchev–Trinajstić information content (AvgIpc) is 2.35.